The van der Waals surface area contributed by atoms with Gasteiger partial charge in [0.25, 0.3) is 0 Å². The van der Waals surface area contributed by atoms with E-state index in [0.29, 0.717) is 12.3 Å². The molecule has 0 atom stereocenters. The van der Waals surface area contributed by atoms with E-state index >= 15 is 0 Å². The molecular weight excluding hydrogens is 330 g/mol. The highest BCUT2D eigenvalue weighted by molar-refractivity contribution is 7.99. The molecule has 0 saturated heterocycles. The maximum atomic E-state index is 11.9. The lowest BCUT2D eigenvalue weighted by Gasteiger charge is -2.06. The van der Waals surface area contributed by atoms with E-state index in [4.69, 9.17) is 0 Å². The molecule has 5 heteroatoms. The number of nitrogens with one attached hydrogen (secondary N) is 1. The van der Waals surface area contributed by atoms with Crippen LogP contribution in [-0.4, -0.2) is 21.9 Å². The highest BCUT2D eigenvalue weighted by atomic mass is 32.2. The van der Waals surface area contributed by atoms with Gasteiger partial charge >= 0.3 is 0 Å². The van der Waals surface area contributed by atoms with E-state index in [1.54, 1.807) is 0 Å². The van der Waals surface area contributed by atoms with Gasteiger partial charge in [-0.05, 0) is 30.2 Å². The third kappa shape index (κ3) is 4.90. The van der Waals surface area contributed by atoms with Crippen LogP contribution < -0.4 is 5.32 Å². The van der Waals surface area contributed by atoms with Crippen LogP contribution >= 0.6 is 11.8 Å². The van der Waals surface area contributed by atoms with Gasteiger partial charge in [0.1, 0.15) is 5.03 Å². The van der Waals surface area contributed by atoms with E-state index in [2.05, 4.69) is 28.5 Å². The van der Waals surface area contributed by atoms with Gasteiger partial charge in [-0.2, -0.15) is 0 Å². The fourth-order valence-electron chi connectivity index (χ4n) is 2.39. The molecule has 0 aliphatic carbocycles. The molecule has 0 aliphatic heterocycles. The van der Waals surface area contributed by atoms with Crippen molar-refractivity contribution in [2.24, 2.45) is 0 Å². The lowest BCUT2D eigenvalue weighted by molar-refractivity contribution is -0.118. The second kappa shape index (κ2) is 8.44. The number of carbonyl (C=O) groups is 1. The number of nitrogens with zero attached hydrogens (tertiary/aromatic N) is 2. The molecule has 0 saturated carbocycles. The van der Waals surface area contributed by atoms with Gasteiger partial charge in [-0.1, -0.05) is 66.4 Å². The van der Waals surface area contributed by atoms with Crippen molar-refractivity contribution in [3.63, 3.8) is 0 Å². The van der Waals surface area contributed by atoms with E-state index in [9.17, 15) is 4.79 Å². The summed E-state index contributed by atoms with van der Waals surface area (Å²) >= 11 is 1.39. The highest BCUT2D eigenvalue weighted by Crippen LogP contribution is 2.22. The van der Waals surface area contributed by atoms with E-state index in [-0.39, 0.29) is 5.91 Å². The molecule has 4 nitrogen and oxygen atoms in total. The molecule has 3 rings (SSSR count). The molecule has 2 aromatic carbocycles. The Kier molecular flexibility index (Phi) is 5.80. The molecule has 0 fully saturated rings. The third-order valence-corrected chi connectivity index (χ3v) is 4.66. The van der Waals surface area contributed by atoms with Crippen LogP contribution in [0.5, 0.6) is 0 Å². The summed E-state index contributed by atoms with van der Waals surface area (Å²) in [6.45, 7) is 2.59. The Morgan fingerprint density at radius 1 is 0.960 bits per heavy atom. The second-order valence-corrected chi connectivity index (χ2v) is 6.62. The minimum atomic E-state index is -0.0152. The van der Waals surface area contributed by atoms with Gasteiger partial charge in [0.15, 0.2) is 0 Å². The zero-order valence-electron chi connectivity index (χ0n) is 14.0. The lowest BCUT2D eigenvalue weighted by atomic mass is 10.1. The minimum Gasteiger partial charge on any atom is -0.351 e. The summed E-state index contributed by atoms with van der Waals surface area (Å²) in [5, 5.41) is 12.1. The summed E-state index contributed by atoms with van der Waals surface area (Å²) in [4.78, 5) is 11.9. The van der Waals surface area contributed by atoms with Crippen LogP contribution in [-0.2, 0) is 11.3 Å². The van der Waals surface area contributed by atoms with E-state index in [1.165, 1.54) is 11.8 Å². The van der Waals surface area contributed by atoms with Crippen LogP contribution in [0.15, 0.2) is 71.8 Å². The first-order chi connectivity index (χ1) is 12.2. The van der Waals surface area contributed by atoms with Crippen LogP contribution in [0.2, 0.25) is 0 Å². The van der Waals surface area contributed by atoms with Crippen molar-refractivity contribution in [3.8, 4) is 11.3 Å². The molecular formula is C20H19N3OS. The first-order valence-corrected chi connectivity index (χ1v) is 9.04. The normalized spacial score (nSPS) is 10.4. The number of aromatic nitrogens is 2. The number of thioether (sulfide) groups is 1. The van der Waals surface area contributed by atoms with Gasteiger partial charge in [0.2, 0.25) is 5.91 Å². The van der Waals surface area contributed by atoms with Crippen LogP contribution in [0.1, 0.15) is 11.1 Å². The van der Waals surface area contributed by atoms with Crippen LogP contribution in [0.25, 0.3) is 11.3 Å². The zero-order valence-corrected chi connectivity index (χ0v) is 14.8. The Hall–Kier alpha value is -2.66. The van der Waals surface area contributed by atoms with Gasteiger partial charge in [-0.3, -0.25) is 4.79 Å². The van der Waals surface area contributed by atoms with E-state index in [1.807, 2.05) is 60.7 Å². The van der Waals surface area contributed by atoms with Crippen molar-refractivity contribution in [2.75, 3.05) is 5.75 Å². The summed E-state index contributed by atoms with van der Waals surface area (Å²) in [6.07, 6.45) is 0. The Morgan fingerprint density at radius 2 is 1.72 bits per heavy atom. The van der Waals surface area contributed by atoms with Gasteiger partial charge in [0.05, 0.1) is 11.4 Å². The third-order valence-electron chi connectivity index (χ3n) is 3.74. The fourth-order valence-corrected chi connectivity index (χ4v) is 3.03. The molecule has 0 bridgehead atoms. The van der Waals surface area contributed by atoms with E-state index in [0.717, 1.165) is 27.4 Å². The molecule has 0 spiro atoms. The van der Waals surface area contributed by atoms with Crippen molar-refractivity contribution < 1.29 is 4.79 Å². The predicted octanol–water partition coefficient (Wildman–Crippen LogP) is 3.86. The SMILES string of the molecule is Cc1ccccc1-c1ccc(SCC(=O)NCc2ccccc2)nn1. The van der Waals surface area contributed by atoms with Gasteiger partial charge in [-0.15, -0.1) is 10.2 Å². The number of carbonyl (C=O) groups excluding carboxylic acids is 1. The first kappa shape index (κ1) is 17.2. The fraction of sp³-hybridized carbons (Fsp3) is 0.150. The Morgan fingerprint density at radius 3 is 2.44 bits per heavy atom. The van der Waals surface area contributed by atoms with Crippen LogP contribution in [0.4, 0.5) is 0 Å². The Balaban J connectivity index is 1.52. The molecule has 1 amide bonds. The number of hydrogen-bond donors (Lipinski definition) is 1. The monoisotopic (exact) mass is 349 g/mol. The minimum absolute atomic E-state index is 0.0152. The highest BCUT2D eigenvalue weighted by Gasteiger charge is 2.06. The number of benzene rings is 2. The molecule has 1 N–H and O–H groups in total. The molecule has 25 heavy (non-hydrogen) atoms. The standard InChI is InChI=1S/C20H19N3OS/c1-15-7-5-6-10-17(15)18-11-12-20(23-22-18)25-14-19(24)21-13-16-8-3-2-4-9-16/h2-12H,13-14H2,1H3,(H,21,24). The molecule has 3 aromatic rings. The summed E-state index contributed by atoms with van der Waals surface area (Å²) in [7, 11) is 0. The van der Waals surface area contributed by atoms with Crippen molar-refractivity contribution in [1.82, 2.24) is 15.5 Å². The smallest absolute Gasteiger partial charge is 0.230 e. The Bertz CT molecular complexity index is 835. The van der Waals surface area contributed by atoms with Gasteiger partial charge in [-0.25, -0.2) is 0 Å². The number of amides is 1. The molecule has 126 valence electrons. The summed E-state index contributed by atoms with van der Waals surface area (Å²) in [5.74, 6) is 0.309. The van der Waals surface area contributed by atoms with Crippen LogP contribution in [0.3, 0.4) is 0 Å². The number of rotatable bonds is 6. The average Bonchev–Trinajstić information content (AvgIpc) is 2.66. The lowest BCUT2D eigenvalue weighted by Crippen LogP contribution is -2.24. The molecule has 0 unspecified atom stereocenters. The average molecular weight is 349 g/mol. The van der Waals surface area contributed by atoms with Crippen molar-refractivity contribution in [2.45, 2.75) is 18.5 Å². The maximum Gasteiger partial charge on any atom is 0.230 e. The van der Waals surface area contributed by atoms with Gasteiger partial charge in [0, 0.05) is 12.1 Å². The number of hydrogen-bond acceptors (Lipinski definition) is 4. The molecule has 0 aliphatic rings. The second-order valence-electron chi connectivity index (χ2n) is 5.62. The first-order valence-electron chi connectivity index (χ1n) is 8.05. The topological polar surface area (TPSA) is 54.9 Å². The van der Waals surface area contributed by atoms with Crippen molar-refractivity contribution in [3.05, 3.63) is 77.9 Å². The largest absolute Gasteiger partial charge is 0.351 e. The quantitative estimate of drug-likeness (QED) is 0.687. The van der Waals surface area contributed by atoms with Crippen molar-refractivity contribution in [1.29, 1.82) is 0 Å². The van der Waals surface area contributed by atoms with Gasteiger partial charge < -0.3 is 5.32 Å². The van der Waals surface area contributed by atoms with Crippen molar-refractivity contribution >= 4 is 17.7 Å². The maximum absolute atomic E-state index is 11.9. The zero-order chi connectivity index (χ0) is 17.5. The molecule has 1 aromatic heterocycles. The summed E-state index contributed by atoms with van der Waals surface area (Å²) < 4.78 is 0. The summed E-state index contributed by atoms with van der Waals surface area (Å²) in [6, 6.07) is 21.8. The predicted molar refractivity (Wildman–Crippen MR) is 101 cm³/mol. The summed E-state index contributed by atoms with van der Waals surface area (Å²) in [5.41, 5.74) is 4.17. The number of aryl methyl sites for hydroxylation is 1. The van der Waals surface area contributed by atoms with Crippen LogP contribution in [0, 0.1) is 6.92 Å². The molecule has 1 heterocycles. The Labute approximate surface area is 151 Å². The molecule has 0 radical (unpaired) electrons. The van der Waals surface area contributed by atoms with E-state index < -0.39 is 0 Å².